The number of anilines is 1. The van der Waals surface area contributed by atoms with E-state index in [1.165, 1.54) is 14.2 Å². The fourth-order valence-corrected chi connectivity index (χ4v) is 2.82. The molecule has 2 aromatic rings. The molecular formula is C17H16Cl3NO3. The quantitative estimate of drug-likeness (QED) is 0.736. The Balaban J connectivity index is 2.07. The molecule has 0 fully saturated rings. The van der Waals surface area contributed by atoms with Gasteiger partial charge in [0.2, 0.25) is 5.91 Å². The molecule has 2 aromatic carbocycles. The Labute approximate surface area is 155 Å². The Morgan fingerprint density at radius 2 is 1.75 bits per heavy atom. The predicted molar refractivity (Wildman–Crippen MR) is 98.0 cm³/mol. The maximum atomic E-state index is 12.2. The number of methoxy groups -OCH3 is 2. The Morgan fingerprint density at radius 1 is 1.04 bits per heavy atom. The zero-order valence-electron chi connectivity index (χ0n) is 13.2. The molecular weight excluding hydrogens is 373 g/mol. The smallest absolute Gasteiger partial charge is 0.224 e. The second-order valence-corrected chi connectivity index (χ2v) is 6.14. The van der Waals surface area contributed by atoms with E-state index in [-0.39, 0.29) is 12.3 Å². The van der Waals surface area contributed by atoms with E-state index in [0.29, 0.717) is 38.7 Å². The van der Waals surface area contributed by atoms with Gasteiger partial charge in [0.25, 0.3) is 0 Å². The Bertz CT molecular complexity index is 750. The van der Waals surface area contributed by atoms with Crippen LogP contribution in [0.2, 0.25) is 15.1 Å². The fourth-order valence-electron chi connectivity index (χ4n) is 2.16. The highest BCUT2D eigenvalue weighted by molar-refractivity contribution is 6.42. The first kappa shape index (κ1) is 18.7. The molecule has 0 unspecified atom stereocenters. The van der Waals surface area contributed by atoms with Gasteiger partial charge in [0.05, 0.1) is 35.0 Å². The van der Waals surface area contributed by atoms with Crippen LogP contribution < -0.4 is 14.8 Å². The third-order valence-corrected chi connectivity index (χ3v) is 4.55. The zero-order valence-corrected chi connectivity index (χ0v) is 15.4. The van der Waals surface area contributed by atoms with Crippen molar-refractivity contribution in [2.24, 2.45) is 0 Å². The van der Waals surface area contributed by atoms with Crippen molar-refractivity contribution in [1.29, 1.82) is 0 Å². The molecule has 128 valence electrons. The first-order chi connectivity index (χ1) is 11.5. The average molecular weight is 389 g/mol. The largest absolute Gasteiger partial charge is 0.495 e. The summed E-state index contributed by atoms with van der Waals surface area (Å²) in [6, 6.07) is 8.55. The number of rotatable bonds is 6. The predicted octanol–water partition coefficient (Wildman–Crippen LogP) is 5.24. The lowest BCUT2D eigenvalue weighted by Gasteiger charge is -2.13. The number of hydrogen-bond acceptors (Lipinski definition) is 3. The van der Waals surface area contributed by atoms with E-state index in [9.17, 15) is 4.79 Å². The van der Waals surface area contributed by atoms with E-state index >= 15 is 0 Å². The second kappa shape index (κ2) is 8.47. The summed E-state index contributed by atoms with van der Waals surface area (Å²) in [4.78, 5) is 12.2. The van der Waals surface area contributed by atoms with E-state index in [4.69, 9.17) is 44.3 Å². The van der Waals surface area contributed by atoms with Crippen molar-refractivity contribution < 1.29 is 14.3 Å². The zero-order chi connectivity index (χ0) is 17.7. The number of ether oxygens (including phenoxy) is 2. The Morgan fingerprint density at radius 3 is 2.42 bits per heavy atom. The molecule has 0 atom stereocenters. The molecule has 0 spiro atoms. The fraction of sp³-hybridized carbons (Fsp3) is 0.235. The van der Waals surface area contributed by atoms with Crippen molar-refractivity contribution in [3.63, 3.8) is 0 Å². The Hall–Kier alpha value is -1.62. The monoisotopic (exact) mass is 387 g/mol. The molecule has 2 rings (SSSR count). The van der Waals surface area contributed by atoms with Crippen LogP contribution in [-0.4, -0.2) is 20.1 Å². The van der Waals surface area contributed by atoms with Crippen molar-refractivity contribution >= 4 is 46.4 Å². The highest BCUT2D eigenvalue weighted by Crippen LogP contribution is 2.36. The number of hydrogen-bond donors (Lipinski definition) is 1. The van der Waals surface area contributed by atoms with Gasteiger partial charge < -0.3 is 14.8 Å². The third kappa shape index (κ3) is 4.47. The molecule has 0 radical (unpaired) electrons. The van der Waals surface area contributed by atoms with Gasteiger partial charge >= 0.3 is 0 Å². The van der Waals surface area contributed by atoms with Crippen LogP contribution in [0.5, 0.6) is 11.5 Å². The molecule has 7 heteroatoms. The number of nitrogens with one attached hydrogen (secondary N) is 1. The van der Waals surface area contributed by atoms with Gasteiger partial charge in [-0.1, -0.05) is 46.9 Å². The maximum absolute atomic E-state index is 12.2. The molecule has 0 saturated heterocycles. The van der Waals surface area contributed by atoms with Crippen molar-refractivity contribution in [2.75, 3.05) is 19.5 Å². The van der Waals surface area contributed by atoms with Gasteiger partial charge in [0, 0.05) is 12.5 Å². The van der Waals surface area contributed by atoms with Crippen LogP contribution in [0.3, 0.4) is 0 Å². The first-order valence-corrected chi connectivity index (χ1v) is 8.24. The van der Waals surface area contributed by atoms with Crippen molar-refractivity contribution in [2.45, 2.75) is 12.8 Å². The van der Waals surface area contributed by atoms with Gasteiger partial charge in [0.1, 0.15) is 11.5 Å². The van der Waals surface area contributed by atoms with E-state index in [1.54, 1.807) is 24.3 Å². The van der Waals surface area contributed by atoms with Gasteiger partial charge in [-0.15, -0.1) is 0 Å². The van der Waals surface area contributed by atoms with Crippen LogP contribution in [0.25, 0.3) is 0 Å². The van der Waals surface area contributed by atoms with E-state index in [2.05, 4.69) is 5.32 Å². The standard InChI is InChI=1S/C17H16Cl3NO3/c1-23-14-9-15(24-2)13(8-12(14)19)21-16(22)7-6-10-4-3-5-11(18)17(10)20/h3-5,8-9H,6-7H2,1-2H3,(H,21,22). The minimum absolute atomic E-state index is 0.189. The molecule has 1 amide bonds. The molecule has 0 saturated carbocycles. The number of amides is 1. The number of carbonyl (C=O) groups excluding carboxylic acids is 1. The summed E-state index contributed by atoms with van der Waals surface area (Å²) in [5, 5.41) is 4.10. The van der Waals surface area contributed by atoms with Crippen LogP contribution in [-0.2, 0) is 11.2 Å². The summed E-state index contributed by atoms with van der Waals surface area (Å²) in [5.41, 5.74) is 1.30. The lowest BCUT2D eigenvalue weighted by Crippen LogP contribution is -2.13. The summed E-state index contributed by atoms with van der Waals surface area (Å²) >= 11 is 18.2. The maximum Gasteiger partial charge on any atom is 0.224 e. The summed E-state index contributed by atoms with van der Waals surface area (Å²) < 4.78 is 10.4. The lowest BCUT2D eigenvalue weighted by molar-refractivity contribution is -0.116. The first-order valence-electron chi connectivity index (χ1n) is 7.10. The van der Waals surface area contributed by atoms with E-state index in [0.717, 1.165) is 5.56 Å². The van der Waals surface area contributed by atoms with Crippen LogP contribution in [0.15, 0.2) is 30.3 Å². The van der Waals surface area contributed by atoms with Crippen LogP contribution >= 0.6 is 34.8 Å². The number of halogens is 3. The van der Waals surface area contributed by atoms with Crippen LogP contribution in [0.1, 0.15) is 12.0 Å². The molecule has 1 N–H and O–H groups in total. The summed E-state index contributed by atoms with van der Waals surface area (Å²) in [5.74, 6) is 0.744. The highest BCUT2D eigenvalue weighted by atomic mass is 35.5. The van der Waals surface area contributed by atoms with Gasteiger partial charge in [0.15, 0.2) is 0 Å². The molecule has 4 nitrogen and oxygen atoms in total. The van der Waals surface area contributed by atoms with Crippen LogP contribution in [0.4, 0.5) is 5.69 Å². The van der Waals surface area contributed by atoms with Gasteiger partial charge in [-0.05, 0) is 24.1 Å². The molecule has 0 bridgehead atoms. The molecule has 0 aliphatic rings. The molecule has 24 heavy (non-hydrogen) atoms. The topological polar surface area (TPSA) is 47.6 Å². The third-order valence-electron chi connectivity index (χ3n) is 3.40. The van der Waals surface area contributed by atoms with Crippen molar-refractivity contribution in [3.8, 4) is 11.5 Å². The minimum Gasteiger partial charge on any atom is -0.495 e. The highest BCUT2D eigenvalue weighted by Gasteiger charge is 2.13. The SMILES string of the molecule is COc1cc(OC)c(NC(=O)CCc2cccc(Cl)c2Cl)cc1Cl. The second-order valence-electron chi connectivity index (χ2n) is 4.95. The average Bonchev–Trinajstić information content (AvgIpc) is 2.56. The van der Waals surface area contributed by atoms with E-state index in [1.807, 2.05) is 6.07 Å². The van der Waals surface area contributed by atoms with Crippen LogP contribution in [0, 0.1) is 0 Å². The number of benzene rings is 2. The molecule has 0 aromatic heterocycles. The Kier molecular flexibility index (Phi) is 6.60. The minimum atomic E-state index is -0.189. The van der Waals surface area contributed by atoms with Crippen molar-refractivity contribution in [1.82, 2.24) is 0 Å². The molecule has 0 aliphatic carbocycles. The molecule has 0 aliphatic heterocycles. The van der Waals surface area contributed by atoms with Gasteiger partial charge in [-0.25, -0.2) is 0 Å². The lowest BCUT2D eigenvalue weighted by atomic mass is 10.1. The summed E-state index contributed by atoms with van der Waals surface area (Å²) in [6.45, 7) is 0. The van der Waals surface area contributed by atoms with Gasteiger partial charge in [-0.3, -0.25) is 4.79 Å². The summed E-state index contributed by atoms with van der Waals surface area (Å²) in [6.07, 6.45) is 0.713. The van der Waals surface area contributed by atoms with Gasteiger partial charge in [-0.2, -0.15) is 0 Å². The normalized spacial score (nSPS) is 10.4. The molecule has 0 heterocycles. The number of carbonyl (C=O) groups is 1. The summed E-state index contributed by atoms with van der Waals surface area (Å²) in [7, 11) is 3.01. The van der Waals surface area contributed by atoms with Crippen molar-refractivity contribution in [3.05, 3.63) is 51.0 Å². The number of aryl methyl sites for hydroxylation is 1. The van der Waals surface area contributed by atoms with E-state index < -0.39 is 0 Å².